The SMILES string of the molecule is CCCCCCC1=C(CC)N(c2ccccc2)N(c2nc3ccccc3o2)N(c2nc3ccccc3o2)C1=N. The largest absolute Gasteiger partial charge is 0.422 e. The van der Waals surface area contributed by atoms with Crippen LogP contribution in [0, 0.1) is 5.41 Å². The van der Waals surface area contributed by atoms with E-state index >= 15 is 0 Å². The zero-order valence-electron chi connectivity index (χ0n) is 22.3. The molecule has 0 amide bonds. The summed E-state index contributed by atoms with van der Waals surface area (Å²) in [5.41, 5.74) is 5.69. The molecule has 8 heteroatoms. The van der Waals surface area contributed by atoms with Crippen molar-refractivity contribution in [1.29, 1.82) is 5.41 Å². The minimum absolute atomic E-state index is 0.283. The van der Waals surface area contributed by atoms with Crippen molar-refractivity contribution in [3.63, 3.8) is 0 Å². The Hall–Kier alpha value is -4.59. The minimum Gasteiger partial charge on any atom is -0.422 e. The van der Waals surface area contributed by atoms with Gasteiger partial charge in [-0.05, 0) is 55.7 Å². The van der Waals surface area contributed by atoms with E-state index < -0.39 is 0 Å². The number of hydrazine groups is 2. The first kappa shape index (κ1) is 24.7. The maximum atomic E-state index is 9.53. The highest BCUT2D eigenvalue weighted by Crippen LogP contribution is 2.40. The number of nitrogens with one attached hydrogen (secondary N) is 1. The van der Waals surface area contributed by atoms with E-state index in [1.807, 2.05) is 66.7 Å². The molecular weight excluding hydrogens is 488 g/mol. The number of hydrogen-bond donors (Lipinski definition) is 1. The number of oxazole rings is 2. The topological polar surface area (TPSA) is 85.6 Å². The number of anilines is 3. The van der Waals surface area contributed by atoms with Gasteiger partial charge in [0.05, 0.1) is 5.69 Å². The lowest BCUT2D eigenvalue weighted by atomic mass is 10.0. The van der Waals surface area contributed by atoms with Gasteiger partial charge in [-0.1, -0.05) is 75.6 Å². The Balaban J connectivity index is 1.58. The summed E-state index contributed by atoms with van der Waals surface area (Å²) in [6.45, 7) is 4.34. The highest BCUT2D eigenvalue weighted by Gasteiger charge is 2.42. The molecule has 8 nitrogen and oxygen atoms in total. The normalized spacial score (nSPS) is 14.3. The van der Waals surface area contributed by atoms with Crippen LogP contribution in [0.4, 0.5) is 17.7 Å². The number of rotatable bonds is 9. The van der Waals surface area contributed by atoms with Gasteiger partial charge in [-0.2, -0.15) is 15.0 Å². The van der Waals surface area contributed by atoms with Crippen molar-refractivity contribution in [2.24, 2.45) is 0 Å². The zero-order valence-corrected chi connectivity index (χ0v) is 22.3. The summed E-state index contributed by atoms with van der Waals surface area (Å²) in [6.07, 6.45) is 5.96. The average Bonchev–Trinajstić information content (AvgIpc) is 3.60. The Morgan fingerprint density at radius 2 is 1.31 bits per heavy atom. The van der Waals surface area contributed by atoms with Crippen LogP contribution in [-0.2, 0) is 0 Å². The number of aromatic nitrogens is 2. The number of para-hydroxylation sites is 5. The van der Waals surface area contributed by atoms with Crippen LogP contribution in [0.2, 0.25) is 0 Å². The maximum Gasteiger partial charge on any atom is 0.339 e. The van der Waals surface area contributed by atoms with Crippen LogP contribution in [-0.4, -0.2) is 15.8 Å². The Bertz CT molecular complexity index is 1570. The molecule has 1 aliphatic heterocycles. The van der Waals surface area contributed by atoms with Crippen LogP contribution in [0.25, 0.3) is 22.2 Å². The number of allylic oxidation sites excluding steroid dienone is 1. The third-order valence-electron chi connectivity index (χ3n) is 7.01. The molecule has 2 aromatic heterocycles. The van der Waals surface area contributed by atoms with Gasteiger partial charge in [0.1, 0.15) is 11.0 Å². The second-order valence-electron chi connectivity index (χ2n) is 9.61. The molecule has 0 bridgehead atoms. The minimum atomic E-state index is 0.283. The summed E-state index contributed by atoms with van der Waals surface area (Å²) in [6, 6.07) is 26.1. The van der Waals surface area contributed by atoms with Crippen LogP contribution in [0.3, 0.4) is 0 Å². The number of nitrogens with zero attached hydrogens (tertiary/aromatic N) is 5. The molecular formula is C31H32N6O2. The molecule has 5 aromatic rings. The van der Waals surface area contributed by atoms with Crippen LogP contribution in [0.5, 0.6) is 0 Å². The van der Waals surface area contributed by atoms with Gasteiger partial charge in [-0.3, -0.25) is 5.41 Å². The van der Waals surface area contributed by atoms with E-state index in [1.54, 1.807) is 10.1 Å². The second-order valence-corrected chi connectivity index (χ2v) is 9.61. The van der Waals surface area contributed by atoms with Crippen molar-refractivity contribution in [2.45, 2.75) is 52.4 Å². The van der Waals surface area contributed by atoms with Gasteiger partial charge in [-0.15, -0.1) is 5.12 Å². The molecule has 6 rings (SSSR count). The quantitative estimate of drug-likeness (QED) is 0.196. The van der Waals surface area contributed by atoms with Gasteiger partial charge in [-0.25, -0.2) is 5.01 Å². The zero-order chi connectivity index (χ0) is 26.8. The van der Waals surface area contributed by atoms with Crippen LogP contribution in [0.15, 0.2) is 99.0 Å². The molecule has 39 heavy (non-hydrogen) atoms. The van der Waals surface area contributed by atoms with Gasteiger partial charge in [0.25, 0.3) is 0 Å². The first-order valence-electron chi connectivity index (χ1n) is 13.7. The van der Waals surface area contributed by atoms with E-state index in [9.17, 15) is 5.41 Å². The first-order chi connectivity index (χ1) is 19.2. The molecule has 3 heterocycles. The van der Waals surface area contributed by atoms with E-state index in [0.29, 0.717) is 23.0 Å². The number of unbranched alkanes of at least 4 members (excludes halogenated alkanes) is 3. The van der Waals surface area contributed by atoms with Gasteiger partial charge in [0.15, 0.2) is 17.0 Å². The van der Waals surface area contributed by atoms with Gasteiger partial charge in [0.2, 0.25) is 0 Å². The fourth-order valence-corrected chi connectivity index (χ4v) is 5.12. The van der Waals surface area contributed by atoms with Crippen molar-refractivity contribution >= 4 is 45.8 Å². The van der Waals surface area contributed by atoms with Gasteiger partial charge < -0.3 is 8.83 Å². The number of benzene rings is 3. The van der Waals surface area contributed by atoms with Crippen molar-refractivity contribution in [1.82, 2.24) is 9.97 Å². The fraction of sp³-hybridized carbons (Fsp3) is 0.258. The van der Waals surface area contributed by atoms with Crippen molar-refractivity contribution in [3.8, 4) is 0 Å². The predicted octanol–water partition coefficient (Wildman–Crippen LogP) is 8.24. The lowest BCUT2D eigenvalue weighted by Crippen LogP contribution is -2.61. The molecule has 0 unspecified atom stereocenters. The highest BCUT2D eigenvalue weighted by atomic mass is 16.4. The lowest BCUT2D eigenvalue weighted by molar-refractivity contribution is 0.528. The Morgan fingerprint density at radius 3 is 1.95 bits per heavy atom. The first-order valence-corrected chi connectivity index (χ1v) is 13.7. The third-order valence-corrected chi connectivity index (χ3v) is 7.01. The smallest absolute Gasteiger partial charge is 0.339 e. The summed E-state index contributed by atoms with van der Waals surface area (Å²) in [5.74, 6) is 0.310. The summed E-state index contributed by atoms with van der Waals surface area (Å²) in [5, 5.41) is 15.1. The molecule has 1 N–H and O–H groups in total. The van der Waals surface area contributed by atoms with E-state index in [1.165, 1.54) is 6.42 Å². The third kappa shape index (κ3) is 4.52. The summed E-state index contributed by atoms with van der Waals surface area (Å²) >= 11 is 0. The second kappa shape index (κ2) is 10.6. The highest BCUT2D eigenvalue weighted by molar-refractivity contribution is 6.11. The molecule has 0 saturated carbocycles. The molecule has 3 aromatic carbocycles. The van der Waals surface area contributed by atoms with E-state index in [0.717, 1.165) is 60.1 Å². The Morgan fingerprint density at radius 1 is 0.692 bits per heavy atom. The van der Waals surface area contributed by atoms with Gasteiger partial charge >= 0.3 is 12.0 Å². The monoisotopic (exact) mass is 520 g/mol. The summed E-state index contributed by atoms with van der Waals surface area (Å²) in [7, 11) is 0. The van der Waals surface area contributed by atoms with E-state index in [2.05, 4.69) is 31.0 Å². The van der Waals surface area contributed by atoms with Gasteiger partial charge in [0, 0.05) is 11.3 Å². The van der Waals surface area contributed by atoms with Crippen LogP contribution < -0.4 is 15.1 Å². The lowest BCUT2D eigenvalue weighted by Gasteiger charge is -2.46. The molecule has 0 aliphatic carbocycles. The summed E-state index contributed by atoms with van der Waals surface area (Å²) < 4.78 is 12.6. The molecule has 1 aliphatic rings. The maximum absolute atomic E-state index is 9.53. The molecule has 198 valence electrons. The fourth-order valence-electron chi connectivity index (χ4n) is 5.12. The number of amidine groups is 1. The number of hydrogen-bond acceptors (Lipinski definition) is 7. The van der Waals surface area contributed by atoms with Crippen molar-refractivity contribution < 1.29 is 8.83 Å². The molecule has 0 spiro atoms. The van der Waals surface area contributed by atoms with Crippen LogP contribution >= 0.6 is 0 Å². The Kier molecular flexibility index (Phi) is 6.75. The number of fused-ring (bicyclic) bond motifs is 2. The van der Waals surface area contributed by atoms with Crippen molar-refractivity contribution in [2.75, 3.05) is 15.1 Å². The molecule has 0 radical (unpaired) electrons. The Labute approximate surface area is 227 Å². The standard InChI is InChI=1S/C31H32N6O2/c1-3-5-6-10-17-23-26(4-2)35(22-15-8-7-9-16-22)37(31-34-25-19-12-14-21-28(25)39-31)36(29(23)32)30-33-24-18-11-13-20-27(24)38-30/h7-9,11-16,18-21,32H,3-6,10,17H2,1-2H3. The molecule has 0 saturated heterocycles. The van der Waals surface area contributed by atoms with E-state index in [-0.39, 0.29) is 6.01 Å². The molecule has 0 atom stereocenters. The van der Waals surface area contributed by atoms with Crippen LogP contribution in [0.1, 0.15) is 52.4 Å². The van der Waals surface area contributed by atoms with E-state index in [4.69, 9.17) is 18.8 Å². The predicted molar refractivity (Wildman–Crippen MR) is 156 cm³/mol. The van der Waals surface area contributed by atoms with Crippen molar-refractivity contribution in [3.05, 3.63) is 90.1 Å². The summed E-state index contributed by atoms with van der Waals surface area (Å²) in [4.78, 5) is 9.64. The average molecular weight is 521 g/mol. The molecule has 0 fully saturated rings.